The molecule has 0 spiro atoms. The van der Waals surface area contributed by atoms with Crippen molar-refractivity contribution in [2.75, 3.05) is 46.3 Å². The van der Waals surface area contributed by atoms with Gasteiger partial charge in [-0.25, -0.2) is 0 Å². The molecular formula is C11H23N3. The van der Waals surface area contributed by atoms with Gasteiger partial charge in [-0.15, -0.1) is 0 Å². The molecule has 0 saturated carbocycles. The zero-order valence-corrected chi connectivity index (χ0v) is 9.34. The molecule has 2 heterocycles. The minimum absolute atomic E-state index is 0.771. The topological polar surface area (TPSA) is 18.5 Å². The third kappa shape index (κ3) is 2.94. The molecule has 1 atom stereocenters. The van der Waals surface area contributed by atoms with Gasteiger partial charge in [0, 0.05) is 38.8 Å². The van der Waals surface area contributed by atoms with E-state index in [4.69, 9.17) is 0 Å². The molecule has 0 aromatic rings. The highest BCUT2D eigenvalue weighted by Gasteiger charge is 2.19. The molecule has 2 saturated heterocycles. The van der Waals surface area contributed by atoms with E-state index in [-0.39, 0.29) is 0 Å². The van der Waals surface area contributed by atoms with Crippen LogP contribution in [0.2, 0.25) is 0 Å². The lowest BCUT2D eigenvalue weighted by Crippen LogP contribution is -2.50. The Bertz CT molecular complexity index is 158. The van der Waals surface area contributed by atoms with Crippen LogP contribution in [-0.4, -0.2) is 62.2 Å². The number of hydrogen-bond acceptors (Lipinski definition) is 3. The normalized spacial score (nSPS) is 31.9. The summed E-state index contributed by atoms with van der Waals surface area (Å²) in [5.74, 6) is 0. The Morgan fingerprint density at radius 2 is 1.93 bits per heavy atom. The lowest BCUT2D eigenvalue weighted by molar-refractivity contribution is 0.137. The Morgan fingerprint density at radius 3 is 2.57 bits per heavy atom. The number of nitrogens with zero attached hydrogens (tertiary/aromatic N) is 2. The van der Waals surface area contributed by atoms with E-state index >= 15 is 0 Å². The second-order valence-electron chi connectivity index (χ2n) is 4.75. The molecule has 0 bridgehead atoms. The van der Waals surface area contributed by atoms with Gasteiger partial charge in [-0.2, -0.15) is 0 Å². The van der Waals surface area contributed by atoms with E-state index in [1.807, 2.05) is 0 Å². The zero-order chi connectivity index (χ0) is 9.80. The average molecular weight is 197 g/mol. The minimum Gasteiger partial charge on any atom is -0.313 e. The van der Waals surface area contributed by atoms with E-state index in [9.17, 15) is 0 Å². The van der Waals surface area contributed by atoms with Gasteiger partial charge < -0.3 is 10.2 Å². The van der Waals surface area contributed by atoms with Crippen molar-refractivity contribution < 1.29 is 0 Å². The zero-order valence-electron chi connectivity index (χ0n) is 9.34. The summed E-state index contributed by atoms with van der Waals surface area (Å²) < 4.78 is 0. The van der Waals surface area contributed by atoms with E-state index in [2.05, 4.69) is 22.2 Å². The molecule has 82 valence electrons. The van der Waals surface area contributed by atoms with Crippen LogP contribution < -0.4 is 5.32 Å². The van der Waals surface area contributed by atoms with Crippen LogP contribution in [0.4, 0.5) is 0 Å². The molecule has 0 aliphatic carbocycles. The molecule has 2 aliphatic heterocycles. The van der Waals surface area contributed by atoms with E-state index in [0.717, 1.165) is 6.04 Å². The quantitative estimate of drug-likeness (QED) is 0.690. The summed E-state index contributed by atoms with van der Waals surface area (Å²) in [6.07, 6.45) is 4.18. The van der Waals surface area contributed by atoms with Crippen molar-refractivity contribution in [1.29, 1.82) is 0 Å². The summed E-state index contributed by atoms with van der Waals surface area (Å²) in [5, 5.41) is 3.62. The highest BCUT2D eigenvalue weighted by atomic mass is 15.3. The van der Waals surface area contributed by atoms with Gasteiger partial charge in [0.15, 0.2) is 0 Å². The molecule has 0 aromatic carbocycles. The van der Waals surface area contributed by atoms with E-state index in [0.29, 0.717) is 0 Å². The van der Waals surface area contributed by atoms with Crippen molar-refractivity contribution in [3.05, 3.63) is 0 Å². The van der Waals surface area contributed by atoms with Crippen LogP contribution >= 0.6 is 0 Å². The Morgan fingerprint density at radius 1 is 1.14 bits per heavy atom. The summed E-state index contributed by atoms with van der Waals surface area (Å²) >= 11 is 0. The molecule has 1 N–H and O–H groups in total. The number of piperazine rings is 1. The smallest absolute Gasteiger partial charge is 0.0195 e. The summed E-state index contributed by atoms with van der Waals surface area (Å²) in [7, 11) is 2.22. The van der Waals surface area contributed by atoms with Crippen LogP contribution in [0, 0.1) is 0 Å². The van der Waals surface area contributed by atoms with Gasteiger partial charge in [0.2, 0.25) is 0 Å². The second kappa shape index (κ2) is 5.10. The fourth-order valence-electron chi connectivity index (χ4n) is 2.42. The predicted octanol–water partition coefficient (Wildman–Crippen LogP) is 0.376. The first-order valence-electron chi connectivity index (χ1n) is 5.99. The minimum atomic E-state index is 0.771. The Kier molecular flexibility index (Phi) is 3.79. The summed E-state index contributed by atoms with van der Waals surface area (Å²) in [4.78, 5) is 5.04. The number of piperidine rings is 1. The van der Waals surface area contributed by atoms with Crippen LogP contribution in [0.3, 0.4) is 0 Å². The van der Waals surface area contributed by atoms with Crippen molar-refractivity contribution in [2.24, 2.45) is 0 Å². The van der Waals surface area contributed by atoms with Gasteiger partial charge in [-0.3, -0.25) is 4.90 Å². The standard InChI is InChI=1S/C11H23N3/c1-13-6-8-14(9-7-13)10-11-4-2-3-5-12-11/h11-12H,2-10H2,1H3/t11-/m0/s1. The molecule has 0 radical (unpaired) electrons. The van der Waals surface area contributed by atoms with E-state index in [1.165, 1.54) is 58.5 Å². The number of likely N-dealkylation sites (N-methyl/N-ethyl adjacent to an activating group) is 1. The molecule has 0 aromatic heterocycles. The number of hydrogen-bond donors (Lipinski definition) is 1. The number of rotatable bonds is 2. The van der Waals surface area contributed by atoms with E-state index in [1.54, 1.807) is 0 Å². The first-order chi connectivity index (χ1) is 6.84. The number of nitrogens with one attached hydrogen (secondary N) is 1. The lowest BCUT2D eigenvalue weighted by Gasteiger charge is -2.36. The fraction of sp³-hybridized carbons (Fsp3) is 1.00. The largest absolute Gasteiger partial charge is 0.313 e. The maximum absolute atomic E-state index is 3.62. The maximum Gasteiger partial charge on any atom is 0.0195 e. The van der Waals surface area contributed by atoms with Gasteiger partial charge >= 0.3 is 0 Å². The van der Waals surface area contributed by atoms with Crippen LogP contribution in [0.15, 0.2) is 0 Å². The van der Waals surface area contributed by atoms with E-state index < -0.39 is 0 Å². The predicted molar refractivity (Wildman–Crippen MR) is 59.6 cm³/mol. The van der Waals surface area contributed by atoms with Crippen molar-refractivity contribution >= 4 is 0 Å². The molecule has 3 heteroatoms. The molecule has 14 heavy (non-hydrogen) atoms. The first kappa shape index (κ1) is 10.4. The Labute approximate surface area is 87.4 Å². The third-order valence-electron chi connectivity index (χ3n) is 3.49. The van der Waals surface area contributed by atoms with Crippen molar-refractivity contribution in [2.45, 2.75) is 25.3 Å². The lowest BCUT2D eigenvalue weighted by atomic mass is 10.0. The first-order valence-corrected chi connectivity index (χ1v) is 5.99. The molecule has 0 amide bonds. The molecule has 2 aliphatic rings. The SMILES string of the molecule is CN1CCN(C[C@@H]2CCCCN2)CC1. The van der Waals surface area contributed by atoms with Gasteiger partial charge in [0.05, 0.1) is 0 Å². The van der Waals surface area contributed by atoms with Crippen molar-refractivity contribution in [3.8, 4) is 0 Å². The average Bonchev–Trinajstić information content (AvgIpc) is 2.23. The Balaban J connectivity index is 1.68. The fourth-order valence-corrected chi connectivity index (χ4v) is 2.42. The molecule has 2 fully saturated rings. The van der Waals surface area contributed by atoms with Gasteiger partial charge in [0.25, 0.3) is 0 Å². The summed E-state index contributed by atoms with van der Waals surface area (Å²) in [5.41, 5.74) is 0. The molecule has 3 nitrogen and oxygen atoms in total. The van der Waals surface area contributed by atoms with Crippen molar-refractivity contribution in [1.82, 2.24) is 15.1 Å². The van der Waals surface area contributed by atoms with Crippen LogP contribution in [0.1, 0.15) is 19.3 Å². The third-order valence-corrected chi connectivity index (χ3v) is 3.49. The van der Waals surface area contributed by atoms with Crippen LogP contribution in [-0.2, 0) is 0 Å². The highest BCUT2D eigenvalue weighted by Crippen LogP contribution is 2.09. The molecular weight excluding hydrogens is 174 g/mol. The van der Waals surface area contributed by atoms with Gasteiger partial charge in [-0.05, 0) is 26.4 Å². The Hall–Kier alpha value is -0.120. The van der Waals surface area contributed by atoms with Crippen molar-refractivity contribution in [3.63, 3.8) is 0 Å². The molecule has 0 unspecified atom stereocenters. The van der Waals surface area contributed by atoms with Gasteiger partial charge in [-0.1, -0.05) is 6.42 Å². The maximum atomic E-state index is 3.62. The van der Waals surface area contributed by atoms with Crippen LogP contribution in [0.5, 0.6) is 0 Å². The van der Waals surface area contributed by atoms with Crippen LogP contribution in [0.25, 0.3) is 0 Å². The van der Waals surface area contributed by atoms with Gasteiger partial charge in [0.1, 0.15) is 0 Å². The highest BCUT2D eigenvalue weighted by molar-refractivity contribution is 4.78. The summed E-state index contributed by atoms with van der Waals surface area (Å²) in [6, 6.07) is 0.771. The second-order valence-corrected chi connectivity index (χ2v) is 4.75. The summed E-state index contributed by atoms with van der Waals surface area (Å²) in [6.45, 7) is 7.51. The monoisotopic (exact) mass is 197 g/mol. The molecule has 2 rings (SSSR count).